The highest BCUT2D eigenvalue weighted by molar-refractivity contribution is 5.89. The Morgan fingerprint density at radius 1 is 1.05 bits per heavy atom. The van der Waals surface area contributed by atoms with E-state index in [9.17, 15) is 23.1 Å². The lowest BCUT2D eigenvalue weighted by molar-refractivity contribution is -0.141. The Morgan fingerprint density at radius 3 is 2.49 bits per heavy atom. The van der Waals surface area contributed by atoms with Gasteiger partial charge in [-0.15, -0.1) is 0 Å². The number of nitrogens with zero attached hydrogens (tertiary/aromatic N) is 3. The first kappa shape index (κ1) is 27.2. The second-order valence-electron chi connectivity index (χ2n) is 10.1. The smallest absolute Gasteiger partial charge is 0.433 e. The molecule has 1 aromatic heterocycles. The highest BCUT2D eigenvalue weighted by Gasteiger charge is 2.36. The normalized spacial score (nSPS) is 25.6. The van der Waals surface area contributed by atoms with Gasteiger partial charge in [-0.3, -0.25) is 9.99 Å². The number of benzene rings is 1. The van der Waals surface area contributed by atoms with Crippen LogP contribution in [0, 0.1) is 0 Å². The molecule has 3 aliphatic rings. The zero-order valence-electron chi connectivity index (χ0n) is 21.4. The molecule has 9 nitrogen and oxygen atoms in total. The first-order valence-electron chi connectivity index (χ1n) is 13.3. The van der Waals surface area contributed by atoms with Gasteiger partial charge in [0.15, 0.2) is 6.73 Å². The third-order valence-electron chi connectivity index (χ3n) is 7.46. The summed E-state index contributed by atoms with van der Waals surface area (Å²) in [5, 5.41) is 18.8. The third-order valence-corrected chi connectivity index (χ3v) is 7.46. The molecule has 5 rings (SSSR count). The summed E-state index contributed by atoms with van der Waals surface area (Å²) >= 11 is 0. The monoisotopic (exact) mass is 546 g/mol. The first-order chi connectivity index (χ1) is 18.8. The summed E-state index contributed by atoms with van der Waals surface area (Å²) in [5.74, 6) is 0.216. The lowest BCUT2D eigenvalue weighted by atomic mass is 9.87. The molecule has 1 saturated carbocycles. The van der Waals surface area contributed by atoms with Crippen molar-refractivity contribution >= 4 is 11.8 Å². The fraction of sp³-hybridized carbons (Fsp3) is 0.481. The van der Waals surface area contributed by atoms with Gasteiger partial charge in [0.25, 0.3) is 0 Å². The number of aromatic nitrogens is 1. The Kier molecular flexibility index (Phi) is 8.24. The van der Waals surface area contributed by atoms with Crippen LogP contribution in [0.2, 0.25) is 0 Å². The van der Waals surface area contributed by atoms with Gasteiger partial charge in [-0.2, -0.15) is 13.2 Å². The fourth-order valence-electron chi connectivity index (χ4n) is 5.60. The molecule has 1 aliphatic carbocycles. The van der Waals surface area contributed by atoms with Gasteiger partial charge < -0.3 is 20.5 Å². The number of nitrogens with one attached hydrogen (secondary N) is 3. The van der Waals surface area contributed by atoms with Crippen molar-refractivity contribution in [3.63, 3.8) is 0 Å². The quantitative estimate of drug-likeness (QED) is 0.401. The highest BCUT2D eigenvalue weighted by Crippen LogP contribution is 2.31. The standard InChI is InChI=1S/C27H33F3N6O3/c28-27(29,30)23-13-12-18(15-32-23)25-22(11-6-14-31-25)33-20-9-4-5-10-21(20)34-35-16-24(39-17-35)36(26(37)38)19-7-2-1-3-8-19/h1-3,7-8,12-13,15-16,20-22,25,31,33-34H,4-6,9-11,14,17H2,(H,37,38)/t20-,21-,22?,25+/m1/s1. The number of anilines is 1. The molecular weight excluding hydrogens is 513 g/mol. The number of alkyl halides is 3. The average Bonchev–Trinajstić information content (AvgIpc) is 3.38. The number of piperidine rings is 1. The molecule has 2 aromatic rings. The fourth-order valence-corrected chi connectivity index (χ4v) is 5.60. The summed E-state index contributed by atoms with van der Waals surface area (Å²) in [7, 11) is 0. The number of carbonyl (C=O) groups is 1. The molecule has 39 heavy (non-hydrogen) atoms. The number of pyridine rings is 1. The minimum absolute atomic E-state index is 0.0335. The van der Waals surface area contributed by atoms with Crippen LogP contribution in [-0.4, -0.2) is 52.6 Å². The number of carboxylic acid groups (broad SMARTS) is 1. The van der Waals surface area contributed by atoms with E-state index in [2.05, 4.69) is 21.0 Å². The number of hydrazine groups is 1. The number of hydrogen-bond donors (Lipinski definition) is 4. The van der Waals surface area contributed by atoms with Gasteiger partial charge in [-0.25, -0.2) is 15.1 Å². The lowest BCUT2D eigenvalue weighted by Crippen LogP contribution is -2.58. The SMILES string of the molecule is O=C(O)N(C1=CN(N[C@@H]2CCCC[C@H]2NC2CCCN[C@H]2c2ccc(C(F)(F)F)nc2)CO1)c1ccccc1. The van der Waals surface area contributed by atoms with Gasteiger partial charge in [0, 0.05) is 30.4 Å². The minimum Gasteiger partial charge on any atom is -0.464 e. The number of ether oxygens (including phenoxy) is 1. The molecule has 0 radical (unpaired) electrons. The number of para-hydroxylation sites is 1. The van der Waals surface area contributed by atoms with Gasteiger partial charge in [0.2, 0.25) is 5.88 Å². The zero-order valence-corrected chi connectivity index (χ0v) is 21.4. The van der Waals surface area contributed by atoms with Gasteiger partial charge >= 0.3 is 12.3 Å². The molecule has 2 aliphatic heterocycles. The predicted octanol–water partition coefficient (Wildman–Crippen LogP) is 4.57. The second-order valence-corrected chi connectivity index (χ2v) is 10.1. The molecule has 4 atom stereocenters. The summed E-state index contributed by atoms with van der Waals surface area (Å²) in [6.45, 7) is 0.955. The van der Waals surface area contributed by atoms with Crippen LogP contribution in [0.3, 0.4) is 0 Å². The summed E-state index contributed by atoms with van der Waals surface area (Å²) in [6, 6.07) is 11.4. The Labute approximate surface area is 225 Å². The molecule has 3 heterocycles. The number of rotatable bonds is 7. The number of hydrogen-bond acceptors (Lipinski definition) is 7. The van der Waals surface area contributed by atoms with E-state index in [0.717, 1.165) is 61.6 Å². The van der Waals surface area contributed by atoms with Crippen molar-refractivity contribution in [2.75, 3.05) is 18.2 Å². The summed E-state index contributed by atoms with van der Waals surface area (Å²) in [6.07, 6.45) is 3.23. The van der Waals surface area contributed by atoms with Crippen molar-refractivity contribution in [2.24, 2.45) is 0 Å². The molecular formula is C27H33F3N6O3. The molecule has 0 spiro atoms. The van der Waals surface area contributed by atoms with E-state index >= 15 is 0 Å². The average molecular weight is 547 g/mol. The largest absolute Gasteiger partial charge is 0.464 e. The Bertz CT molecular complexity index is 1150. The van der Waals surface area contributed by atoms with Gasteiger partial charge in [-0.05, 0) is 56.0 Å². The van der Waals surface area contributed by atoms with E-state index in [0.29, 0.717) is 5.69 Å². The Morgan fingerprint density at radius 2 is 1.79 bits per heavy atom. The molecule has 1 saturated heterocycles. The van der Waals surface area contributed by atoms with Crippen molar-refractivity contribution in [2.45, 2.75) is 68.9 Å². The van der Waals surface area contributed by atoms with Crippen molar-refractivity contribution in [3.05, 3.63) is 72.0 Å². The first-order valence-corrected chi connectivity index (χ1v) is 13.3. The van der Waals surface area contributed by atoms with Crippen LogP contribution < -0.4 is 21.0 Å². The molecule has 4 N–H and O–H groups in total. The Balaban J connectivity index is 1.26. The highest BCUT2D eigenvalue weighted by atomic mass is 19.4. The van der Waals surface area contributed by atoms with E-state index in [-0.39, 0.29) is 36.8 Å². The molecule has 1 aromatic carbocycles. The molecule has 210 valence electrons. The Hall–Kier alpha value is -3.35. The van der Waals surface area contributed by atoms with Gasteiger partial charge in [-0.1, -0.05) is 37.1 Å². The topological polar surface area (TPSA) is 102 Å². The maximum Gasteiger partial charge on any atom is 0.433 e. The number of halogens is 3. The van der Waals surface area contributed by atoms with Crippen molar-refractivity contribution < 1.29 is 27.8 Å². The van der Waals surface area contributed by atoms with Crippen LogP contribution >= 0.6 is 0 Å². The van der Waals surface area contributed by atoms with Gasteiger partial charge in [0.1, 0.15) is 5.69 Å². The second kappa shape index (κ2) is 11.8. The molecule has 1 amide bonds. The van der Waals surface area contributed by atoms with E-state index < -0.39 is 18.0 Å². The van der Waals surface area contributed by atoms with Crippen LogP contribution in [0.5, 0.6) is 0 Å². The minimum atomic E-state index is -4.46. The van der Waals surface area contributed by atoms with E-state index in [1.807, 2.05) is 6.07 Å². The van der Waals surface area contributed by atoms with Crippen LogP contribution in [0.25, 0.3) is 0 Å². The maximum atomic E-state index is 13.0. The van der Waals surface area contributed by atoms with Crippen LogP contribution in [0.4, 0.5) is 23.7 Å². The van der Waals surface area contributed by atoms with E-state index in [4.69, 9.17) is 4.74 Å². The van der Waals surface area contributed by atoms with E-state index in [1.54, 1.807) is 35.5 Å². The van der Waals surface area contributed by atoms with Crippen molar-refractivity contribution in [1.82, 2.24) is 26.1 Å². The van der Waals surface area contributed by atoms with Gasteiger partial charge in [0.05, 0.1) is 11.9 Å². The van der Waals surface area contributed by atoms with Crippen LogP contribution in [0.15, 0.2) is 60.7 Å². The molecule has 0 bridgehead atoms. The molecule has 12 heteroatoms. The predicted molar refractivity (Wildman–Crippen MR) is 138 cm³/mol. The third kappa shape index (κ3) is 6.45. The molecule has 1 unspecified atom stereocenters. The maximum absolute atomic E-state index is 13.0. The van der Waals surface area contributed by atoms with Crippen LogP contribution in [0.1, 0.15) is 55.8 Å². The molecule has 2 fully saturated rings. The lowest BCUT2D eigenvalue weighted by Gasteiger charge is -2.41. The summed E-state index contributed by atoms with van der Waals surface area (Å²) < 4.78 is 44.7. The number of amides is 1. The summed E-state index contributed by atoms with van der Waals surface area (Å²) in [5.41, 5.74) is 3.83. The van der Waals surface area contributed by atoms with Crippen molar-refractivity contribution in [1.29, 1.82) is 0 Å². The van der Waals surface area contributed by atoms with E-state index in [1.165, 1.54) is 12.3 Å². The van der Waals surface area contributed by atoms with Crippen LogP contribution in [-0.2, 0) is 10.9 Å². The summed E-state index contributed by atoms with van der Waals surface area (Å²) in [4.78, 5) is 16.7. The van der Waals surface area contributed by atoms with Crippen molar-refractivity contribution in [3.8, 4) is 0 Å². The zero-order chi connectivity index (χ0) is 27.4.